The first-order valence-corrected chi connectivity index (χ1v) is 7.85. The Balaban J connectivity index is 1.75. The lowest BCUT2D eigenvalue weighted by Gasteiger charge is -2.36. The highest BCUT2D eigenvalue weighted by atomic mass is 16.2. The third-order valence-electron chi connectivity index (χ3n) is 4.61. The van der Waals surface area contributed by atoms with Crippen LogP contribution in [0, 0.1) is 5.92 Å². The molecule has 4 heteroatoms. The van der Waals surface area contributed by atoms with Crippen molar-refractivity contribution in [2.45, 2.75) is 38.1 Å². The highest BCUT2D eigenvalue weighted by molar-refractivity contribution is 5.95. The van der Waals surface area contributed by atoms with Crippen LogP contribution in [0.3, 0.4) is 0 Å². The number of nitrogens with one attached hydrogen (secondary N) is 1. The molecule has 1 aromatic rings. The van der Waals surface area contributed by atoms with Crippen molar-refractivity contribution in [2.24, 2.45) is 5.92 Å². The van der Waals surface area contributed by atoms with Crippen LogP contribution in [-0.4, -0.2) is 35.8 Å². The minimum absolute atomic E-state index is 0.0172. The average Bonchev–Trinajstić information content (AvgIpc) is 3.01. The van der Waals surface area contributed by atoms with Gasteiger partial charge in [0.15, 0.2) is 0 Å². The SMILES string of the molecule is O=C1NCC(=O)N(CC2CCCC2)C1Cc1ccccc1. The first-order chi connectivity index (χ1) is 10.2. The number of rotatable bonds is 4. The Morgan fingerprint density at radius 1 is 1.10 bits per heavy atom. The number of benzene rings is 1. The first kappa shape index (κ1) is 14.1. The lowest BCUT2D eigenvalue weighted by molar-refractivity contribution is -0.146. The quantitative estimate of drug-likeness (QED) is 0.916. The molecule has 0 aromatic heterocycles. The summed E-state index contributed by atoms with van der Waals surface area (Å²) in [6, 6.07) is 9.58. The van der Waals surface area contributed by atoms with Gasteiger partial charge < -0.3 is 10.2 Å². The molecule has 3 rings (SSSR count). The summed E-state index contributed by atoms with van der Waals surface area (Å²) < 4.78 is 0. The fourth-order valence-corrected chi connectivity index (χ4v) is 3.44. The zero-order valence-electron chi connectivity index (χ0n) is 12.3. The van der Waals surface area contributed by atoms with Gasteiger partial charge in [0, 0.05) is 13.0 Å². The fraction of sp³-hybridized carbons (Fsp3) is 0.529. The molecule has 1 aliphatic heterocycles. The number of nitrogens with zero attached hydrogens (tertiary/aromatic N) is 1. The molecule has 2 aliphatic rings. The second kappa shape index (κ2) is 6.29. The van der Waals surface area contributed by atoms with Crippen LogP contribution in [0.2, 0.25) is 0 Å². The smallest absolute Gasteiger partial charge is 0.243 e. The van der Waals surface area contributed by atoms with Crippen molar-refractivity contribution < 1.29 is 9.59 Å². The molecular weight excluding hydrogens is 264 g/mol. The van der Waals surface area contributed by atoms with Crippen LogP contribution >= 0.6 is 0 Å². The first-order valence-electron chi connectivity index (χ1n) is 7.85. The van der Waals surface area contributed by atoms with E-state index < -0.39 is 0 Å². The molecule has 1 saturated carbocycles. The molecule has 2 amide bonds. The van der Waals surface area contributed by atoms with Crippen LogP contribution in [0.15, 0.2) is 30.3 Å². The second-order valence-electron chi connectivity index (χ2n) is 6.12. The maximum absolute atomic E-state index is 12.2. The van der Waals surface area contributed by atoms with Crippen LogP contribution in [0.25, 0.3) is 0 Å². The molecule has 2 fully saturated rings. The van der Waals surface area contributed by atoms with E-state index in [0.717, 1.165) is 12.1 Å². The van der Waals surface area contributed by atoms with Crippen LogP contribution < -0.4 is 5.32 Å². The van der Waals surface area contributed by atoms with Gasteiger partial charge in [-0.1, -0.05) is 43.2 Å². The molecule has 4 nitrogen and oxygen atoms in total. The normalized spacial score (nSPS) is 23.4. The number of piperazine rings is 1. The highest BCUT2D eigenvalue weighted by Gasteiger charge is 2.35. The molecule has 0 spiro atoms. The van der Waals surface area contributed by atoms with E-state index in [9.17, 15) is 9.59 Å². The summed E-state index contributed by atoms with van der Waals surface area (Å²) in [4.78, 5) is 26.3. The van der Waals surface area contributed by atoms with Gasteiger partial charge in [0.05, 0.1) is 6.54 Å². The largest absolute Gasteiger partial charge is 0.345 e. The van der Waals surface area contributed by atoms with Crippen molar-refractivity contribution in [3.05, 3.63) is 35.9 Å². The molecule has 21 heavy (non-hydrogen) atoms. The number of carbonyl (C=O) groups is 2. The maximum atomic E-state index is 12.2. The Labute approximate surface area is 125 Å². The fourth-order valence-electron chi connectivity index (χ4n) is 3.44. The van der Waals surface area contributed by atoms with Gasteiger partial charge in [-0.25, -0.2) is 0 Å². The molecule has 1 heterocycles. The summed E-state index contributed by atoms with van der Waals surface area (Å²) >= 11 is 0. The Bertz CT molecular complexity index is 509. The van der Waals surface area contributed by atoms with Gasteiger partial charge in [0.25, 0.3) is 0 Å². The molecule has 1 saturated heterocycles. The van der Waals surface area contributed by atoms with Crippen molar-refractivity contribution in [3.8, 4) is 0 Å². The van der Waals surface area contributed by atoms with Gasteiger partial charge in [-0.15, -0.1) is 0 Å². The Hall–Kier alpha value is -1.84. The number of amides is 2. The molecule has 112 valence electrons. The summed E-state index contributed by atoms with van der Waals surface area (Å²) in [7, 11) is 0. The Morgan fingerprint density at radius 2 is 1.81 bits per heavy atom. The molecule has 1 aromatic carbocycles. The average molecular weight is 286 g/mol. The van der Waals surface area contributed by atoms with Gasteiger partial charge in [-0.05, 0) is 24.3 Å². The summed E-state index contributed by atoms with van der Waals surface area (Å²) in [6.45, 7) is 0.889. The van der Waals surface area contributed by atoms with Crippen LogP contribution in [0.5, 0.6) is 0 Å². The number of hydrogen-bond acceptors (Lipinski definition) is 2. The Morgan fingerprint density at radius 3 is 2.52 bits per heavy atom. The van der Waals surface area contributed by atoms with Crippen molar-refractivity contribution in [1.82, 2.24) is 10.2 Å². The lowest BCUT2D eigenvalue weighted by atomic mass is 9.99. The van der Waals surface area contributed by atoms with Crippen molar-refractivity contribution in [2.75, 3.05) is 13.1 Å². The zero-order chi connectivity index (χ0) is 14.7. The zero-order valence-corrected chi connectivity index (χ0v) is 12.3. The second-order valence-corrected chi connectivity index (χ2v) is 6.12. The number of hydrogen-bond donors (Lipinski definition) is 1. The predicted molar refractivity (Wildman–Crippen MR) is 80.6 cm³/mol. The van der Waals surface area contributed by atoms with E-state index in [4.69, 9.17) is 0 Å². The summed E-state index contributed by atoms with van der Waals surface area (Å²) in [5.74, 6) is 0.608. The minimum Gasteiger partial charge on any atom is -0.345 e. The summed E-state index contributed by atoms with van der Waals surface area (Å²) in [5, 5.41) is 2.73. The van der Waals surface area contributed by atoms with Crippen LogP contribution in [0.4, 0.5) is 0 Å². The highest BCUT2D eigenvalue weighted by Crippen LogP contribution is 2.27. The maximum Gasteiger partial charge on any atom is 0.243 e. The van der Waals surface area contributed by atoms with E-state index in [-0.39, 0.29) is 24.4 Å². The van der Waals surface area contributed by atoms with Crippen LogP contribution in [-0.2, 0) is 16.0 Å². The van der Waals surface area contributed by atoms with E-state index in [2.05, 4.69) is 5.32 Å². The molecule has 1 aliphatic carbocycles. The number of carbonyl (C=O) groups excluding carboxylic acids is 2. The van der Waals surface area contributed by atoms with Gasteiger partial charge in [0.2, 0.25) is 11.8 Å². The molecule has 1 N–H and O–H groups in total. The van der Waals surface area contributed by atoms with Gasteiger partial charge >= 0.3 is 0 Å². The van der Waals surface area contributed by atoms with Gasteiger partial charge in [-0.3, -0.25) is 9.59 Å². The summed E-state index contributed by atoms with van der Waals surface area (Å²) in [6.07, 6.45) is 5.47. The monoisotopic (exact) mass is 286 g/mol. The van der Waals surface area contributed by atoms with E-state index in [0.29, 0.717) is 12.3 Å². The third-order valence-corrected chi connectivity index (χ3v) is 4.61. The van der Waals surface area contributed by atoms with Gasteiger partial charge in [-0.2, -0.15) is 0 Å². The van der Waals surface area contributed by atoms with Crippen molar-refractivity contribution in [3.63, 3.8) is 0 Å². The standard InChI is InChI=1S/C17H22N2O2/c20-16-11-18-17(21)15(10-13-6-2-1-3-7-13)19(16)12-14-8-4-5-9-14/h1-3,6-7,14-15H,4-5,8-12H2,(H,18,21). The van der Waals surface area contributed by atoms with Gasteiger partial charge in [0.1, 0.15) is 6.04 Å². The molecule has 0 bridgehead atoms. The molecule has 0 radical (unpaired) electrons. The van der Waals surface area contributed by atoms with E-state index in [1.54, 1.807) is 0 Å². The predicted octanol–water partition coefficient (Wildman–Crippen LogP) is 1.75. The lowest BCUT2D eigenvalue weighted by Crippen LogP contribution is -2.60. The van der Waals surface area contributed by atoms with E-state index in [1.807, 2.05) is 35.2 Å². The Kier molecular flexibility index (Phi) is 4.23. The summed E-state index contributed by atoms with van der Waals surface area (Å²) in [5.41, 5.74) is 1.10. The molecule has 1 atom stereocenters. The van der Waals surface area contributed by atoms with E-state index in [1.165, 1.54) is 25.7 Å². The topological polar surface area (TPSA) is 49.4 Å². The van der Waals surface area contributed by atoms with Crippen molar-refractivity contribution in [1.29, 1.82) is 0 Å². The molecule has 1 unspecified atom stereocenters. The minimum atomic E-state index is -0.353. The third kappa shape index (κ3) is 3.26. The van der Waals surface area contributed by atoms with E-state index >= 15 is 0 Å². The van der Waals surface area contributed by atoms with Crippen molar-refractivity contribution >= 4 is 11.8 Å². The molecular formula is C17H22N2O2. The van der Waals surface area contributed by atoms with Crippen LogP contribution in [0.1, 0.15) is 31.2 Å².